The van der Waals surface area contributed by atoms with Gasteiger partial charge in [-0.2, -0.15) is 5.10 Å². The number of hydrogen-bond acceptors (Lipinski definition) is 3. The van der Waals surface area contributed by atoms with Crippen molar-refractivity contribution in [1.29, 1.82) is 0 Å². The first-order valence-corrected chi connectivity index (χ1v) is 7.43. The second-order valence-corrected chi connectivity index (χ2v) is 6.19. The summed E-state index contributed by atoms with van der Waals surface area (Å²) in [7, 11) is 0. The molecule has 116 valence electrons. The molecule has 0 aliphatic heterocycles. The fraction of sp³-hybridized carbons (Fsp3) is 0.667. The maximum atomic E-state index is 12.5. The first-order chi connectivity index (χ1) is 9.84. The van der Waals surface area contributed by atoms with Gasteiger partial charge in [0.05, 0.1) is 23.7 Å². The Hall–Kier alpha value is -1.85. The molecule has 1 aliphatic rings. The second-order valence-electron chi connectivity index (χ2n) is 6.19. The van der Waals surface area contributed by atoms with E-state index in [1.165, 1.54) is 0 Å². The number of nitrogens with zero attached hydrogens (tertiary/aromatic N) is 2. The van der Waals surface area contributed by atoms with Gasteiger partial charge in [0.25, 0.3) is 5.91 Å². The fourth-order valence-corrected chi connectivity index (χ4v) is 3.16. The Kier molecular flexibility index (Phi) is 4.34. The Bertz CT molecular complexity index is 542. The lowest BCUT2D eigenvalue weighted by atomic mass is 9.92. The molecular weight excluding hydrogens is 270 g/mol. The Morgan fingerprint density at radius 1 is 1.43 bits per heavy atom. The number of nitrogens with one attached hydrogen (secondary N) is 1. The zero-order valence-corrected chi connectivity index (χ0v) is 12.8. The summed E-state index contributed by atoms with van der Waals surface area (Å²) in [6, 6.07) is 0.186. The molecule has 1 heterocycles. The third-order valence-electron chi connectivity index (χ3n) is 4.21. The number of rotatable bonds is 5. The van der Waals surface area contributed by atoms with E-state index in [0.717, 1.165) is 31.4 Å². The van der Waals surface area contributed by atoms with E-state index in [1.54, 1.807) is 10.9 Å². The van der Waals surface area contributed by atoms with Crippen LogP contribution >= 0.6 is 0 Å². The number of aromatic nitrogens is 2. The second kappa shape index (κ2) is 5.87. The minimum absolute atomic E-state index is 0.0178. The zero-order chi connectivity index (χ0) is 15.6. The molecule has 0 saturated heterocycles. The number of carbonyl (C=O) groups is 2. The molecule has 1 amide bonds. The van der Waals surface area contributed by atoms with Crippen LogP contribution < -0.4 is 5.32 Å². The summed E-state index contributed by atoms with van der Waals surface area (Å²) in [5, 5.41) is 16.3. The zero-order valence-electron chi connectivity index (χ0n) is 12.8. The Labute approximate surface area is 124 Å². The van der Waals surface area contributed by atoms with Crippen LogP contribution in [0.1, 0.15) is 68.0 Å². The number of aliphatic carboxylic acids is 1. The standard InChI is InChI=1S/C15H23N3O3/c1-10(2)18-11(3)12(9-16-18)14(21)17-15(8-13(19)20)6-4-5-7-15/h9-10H,4-8H2,1-3H3,(H,17,21)(H,19,20). The van der Waals surface area contributed by atoms with Gasteiger partial charge in [-0.3, -0.25) is 14.3 Å². The molecule has 2 N–H and O–H groups in total. The fourth-order valence-electron chi connectivity index (χ4n) is 3.16. The van der Waals surface area contributed by atoms with E-state index in [1.807, 2.05) is 20.8 Å². The van der Waals surface area contributed by atoms with Gasteiger partial charge < -0.3 is 10.4 Å². The topological polar surface area (TPSA) is 84.2 Å². The van der Waals surface area contributed by atoms with Crippen molar-refractivity contribution in [3.63, 3.8) is 0 Å². The maximum absolute atomic E-state index is 12.5. The summed E-state index contributed by atoms with van der Waals surface area (Å²) in [4.78, 5) is 23.6. The summed E-state index contributed by atoms with van der Waals surface area (Å²) < 4.78 is 1.80. The molecule has 0 atom stereocenters. The average Bonchev–Trinajstić information content (AvgIpc) is 2.95. The highest BCUT2D eigenvalue weighted by Crippen LogP contribution is 2.33. The van der Waals surface area contributed by atoms with E-state index in [0.29, 0.717) is 5.56 Å². The minimum Gasteiger partial charge on any atom is -0.481 e. The highest BCUT2D eigenvalue weighted by atomic mass is 16.4. The number of amides is 1. The lowest BCUT2D eigenvalue weighted by Gasteiger charge is -2.28. The van der Waals surface area contributed by atoms with Crippen LogP contribution in [-0.2, 0) is 4.79 Å². The number of hydrogen-bond donors (Lipinski definition) is 2. The van der Waals surface area contributed by atoms with Crippen LogP contribution in [0.25, 0.3) is 0 Å². The summed E-state index contributed by atoms with van der Waals surface area (Å²) in [5.41, 5.74) is 0.737. The Morgan fingerprint density at radius 2 is 2.05 bits per heavy atom. The molecule has 0 radical (unpaired) electrons. The van der Waals surface area contributed by atoms with Crippen LogP contribution in [0.5, 0.6) is 0 Å². The predicted molar refractivity (Wildman–Crippen MR) is 78.3 cm³/mol. The summed E-state index contributed by atoms with van der Waals surface area (Å²) in [6.45, 7) is 5.87. The van der Waals surface area contributed by atoms with Gasteiger partial charge in [-0.15, -0.1) is 0 Å². The quantitative estimate of drug-likeness (QED) is 0.872. The number of carboxylic acid groups (broad SMARTS) is 1. The molecule has 1 saturated carbocycles. The van der Waals surface area contributed by atoms with Gasteiger partial charge in [0.1, 0.15) is 0 Å². The third-order valence-corrected chi connectivity index (χ3v) is 4.21. The van der Waals surface area contributed by atoms with Gasteiger partial charge in [-0.25, -0.2) is 0 Å². The molecule has 2 rings (SSSR count). The van der Waals surface area contributed by atoms with Crippen molar-refractivity contribution in [3.05, 3.63) is 17.5 Å². The largest absolute Gasteiger partial charge is 0.481 e. The normalized spacial score (nSPS) is 17.1. The average molecular weight is 293 g/mol. The predicted octanol–water partition coefficient (Wildman–Crippen LogP) is 2.29. The van der Waals surface area contributed by atoms with Gasteiger partial charge in [-0.05, 0) is 33.6 Å². The molecule has 21 heavy (non-hydrogen) atoms. The highest BCUT2D eigenvalue weighted by molar-refractivity contribution is 5.95. The van der Waals surface area contributed by atoms with Crippen molar-refractivity contribution in [1.82, 2.24) is 15.1 Å². The van der Waals surface area contributed by atoms with Crippen LogP contribution in [0.3, 0.4) is 0 Å². The van der Waals surface area contributed by atoms with Gasteiger partial charge in [0.15, 0.2) is 0 Å². The van der Waals surface area contributed by atoms with Crippen LogP contribution in [0, 0.1) is 6.92 Å². The molecular formula is C15H23N3O3. The third kappa shape index (κ3) is 3.25. The molecule has 1 fully saturated rings. The van der Waals surface area contributed by atoms with Gasteiger partial charge >= 0.3 is 5.97 Å². The van der Waals surface area contributed by atoms with Crippen molar-refractivity contribution in [2.24, 2.45) is 0 Å². The lowest BCUT2D eigenvalue weighted by Crippen LogP contribution is -2.47. The van der Waals surface area contributed by atoms with Crippen molar-refractivity contribution < 1.29 is 14.7 Å². The van der Waals surface area contributed by atoms with Crippen LogP contribution in [0.2, 0.25) is 0 Å². The van der Waals surface area contributed by atoms with E-state index in [9.17, 15) is 9.59 Å². The van der Waals surface area contributed by atoms with Crippen molar-refractivity contribution in [2.45, 2.75) is 64.5 Å². The van der Waals surface area contributed by atoms with Crippen molar-refractivity contribution in [2.75, 3.05) is 0 Å². The first kappa shape index (κ1) is 15.5. The lowest BCUT2D eigenvalue weighted by molar-refractivity contribution is -0.138. The van der Waals surface area contributed by atoms with Crippen LogP contribution in [0.4, 0.5) is 0 Å². The molecule has 6 heteroatoms. The molecule has 0 unspecified atom stereocenters. The van der Waals surface area contributed by atoms with Crippen LogP contribution in [0.15, 0.2) is 6.20 Å². The number of carboxylic acids is 1. The Morgan fingerprint density at radius 3 is 2.52 bits per heavy atom. The molecule has 0 bridgehead atoms. The minimum atomic E-state index is -0.869. The van der Waals surface area contributed by atoms with Gasteiger partial charge in [0, 0.05) is 11.7 Å². The smallest absolute Gasteiger partial charge is 0.305 e. The van der Waals surface area contributed by atoms with E-state index >= 15 is 0 Å². The van der Waals surface area contributed by atoms with E-state index in [-0.39, 0.29) is 18.4 Å². The SMILES string of the molecule is Cc1c(C(=O)NC2(CC(=O)O)CCCC2)cnn1C(C)C. The maximum Gasteiger partial charge on any atom is 0.305 e. The summed E-state index contributed by atoms with van der Waals surface area (Å²) >= 11 is 0. The number of carbonyl (C=O) groups excluding carboxylic acids is 1. The molecule has 1 aromatic rings. The van der Waals surface area contributed by atoms with Crippen molar-refractivity contribution in [3.8, 4) is 0 Å². The van der Waals surface area contributed by atoms with Gasteiger partial charge in [-0.1, -0.05) is 12.8 Å². The molecule has 0 aromatic carbocycles. The van der Waals surface area contributed by atoms with Crippen molar-refractivity contribution >= 4 is 11.9 Å². The monoisotopic (exact) mass is 293 g/mol. The first-order valence-electron chi connectivity index (χ1n) is 7.43. The highest BCUT2D eigenvalue weighted by Gasteiger charge is 2.38. The van der Waals surface area contributed by atoms with E-state index in [2.05, 4.69) is 10.4 Å². The van der Waals surface area contributed by atoms with Gasteiger partial charge in [0.2, 0.25) is 0 Å². The molecule has 0 spiro atoms. The van der Waals surface area contributed by atoms with E-state index < -0.39 is 11.5 Å². The molecule has 6 nitrogen and oxygen atoms in total. The van der Waals surface area contributed by atoms with E-state index in [4.69, 9.17) is 5.11 Å². The Balaban J connectivity index is 2.18. The summed E-state index contributed by atoms with van der Waals surface area (Å²) in [6.07, 6.45) is 4.91. The van der Waals surface area contributed by atoms with Crippen LogP contribution in [-0.4, -0.2) is 32.3 Å². The molecule has 1 aliphatic carbocycles. The summed E-state index contributed by atoms with van der Waals surface area (Å²) in [5.74, 6) is -1.09. The molecule has 1 aromatic heterocycles.